The minimum atomic E-state index is -1.00. The molecule has 7 heteroatoms. The molecule has 21 heavy (non-hydrogen) atoms. The molecule has 0 unspecified atom stereocenters. The number of rotatable bonds is 3. The Morgan fingerprint density at radius 3 is 2.33 bits per heavy atom. The third kappa shape index (κ3) is 2.57. The summed E-state index contributed by atoms with van der Waals surface area (Å²) in [5, 5.41) is 16.6. The van der Waals surface area contributed by atoms with Gasteiger partial charge in [-0.25, -0.2) is 4.79 Å². The molecule has 1 aromatic carbocycles. The van der Waals surface area contributed by atoms with Gasteiger partial charge >= 0.3 is 5.97 Å². The van der Waals surface area contributed by atoms with Gasteiger partial charge in [0.25, 0.3) is 0 Å². The molecule has 104 valence electrons. The summed E-state index contributed by atoms with van der Waals surface area (Å²) in [4.78, 5) is 24.5. The first-order chi connectivity index (χ1) is 10.1. The normalized spacial score (nSPS) is 10.5. The van der Waals surface area contributed by atoms with E-state index >= 15 is 0 Å². The van der Waals surface area contributed by atoms with Gasteiger partial charge in [-0.2, -0.15) is 0 Å². The van der Waals surface area contributed by atoms with E-state index in [-0.39, 0.29) is 22.9 Å². The molecule has 0 atom stereocenters. The first-order valence-electron chi connectivity index (χ1n) is 6.00. The van der Waals surface area contributed by atoms with Crippen LogP contribution in [0.1, 0.15) is 10.4 Å². The third-order valence-electron chi connectivity index (χ3n) is 2.83. The van der Waals surface area contributed by atoms with Gasteiger partial charge in [0, 0.05) is 23.4 Å². The van der Waals surface area contributed by atoms with E-state index in [1.54, 1.807) is 18.2 Å². The van der Waals surface area contributed by atoms with Gasteiger partial charge in [-0.05, 0) is 30.3 Å². The zero-order valence-corrected chi connectivity index (χ0v) is 10.6. The van der Waals surface area contributed by atoms with Crippen LogP contribution in [0.3, 0.4) is 0 Å². The number of nitrogens with one attached hydrogen (secondary N) is 1. The first kappa shape index (κ1) is 12.8. The van der Waals surface area contributed by atoms with E-state index in [9.17, 15) is 9.59 Å². The molecule has 3 rings (SSSR count). The number of carboxylic acids is 1. The number of hydrogen-bond donors (Lipinski definition) is 2. The van der Waals surface area contributed by atoms with Crippen LogP contribution in [0.25, 0.3) is 22.9 Å². The minimum absolute atomic E-state index is 0.174. The highest BCUT2D eigenvalue weighted by Gasteiger charge is 2.11. The molecule has 0 radical (unpaired) electrons. The predicted molar refractivity (Wildman–Crippen MR) is 72.8 cm³/mol. The van der Waals surface area contributed by atoms with Crippen molar-refractivity contribution in [1.29, 1.82) is 0 Å². The van der Waals surface area contributed by atoms with E-state index in [1.165, 1.54) is 24.4 Å². The molecule has 0 saturated heterocycles. The van der Waals surface area contributed by atoms with Gasteiger partial charge in [0.15, 0.2) is 0 Å². The molecule has 7 nitrogen and oxygen atoms in total. The zero-order valence-electron chi connectivity index (χ0n) is 10.6. The molecule has 0 bridgehead atoms. The first-order valence-corrected chi connectivity index (χ1v) is 6.00. The minimum Gasteiger partial charge on any atom is -0.478 e. The maximum absolute atomic E-state index is 11.2. The SMILES string of the molecule is O=C(O)c1ccc(-c2nnc(-c3cc[nH]c(=O)c3)o2)cc1. The van der Waals surface area contributed by atoms with Gasteiger partial charge < -0.3 is 14.5 Å². The number of H-pyrrole nitrogens is 1. The smallest absolute Gasteiger partial charge is 0.335 e. The average molecular weight is 283 g/mol. The van der Waals surface area contributed by atoms with Crippen molar-refractivity contribution in [2.24, 2.45) is 0 Å². The molecule has 0 fully saturated rings. The molecule has 2 aromatic heterocycles. The number of aromatic carboxylic acids is 1. The second-order valence-corrected chi connectivity index (χ2v) is 4.24. The Balaban J connectivity index is 1.94. The Kier molecular flexibility index (Phi) is 3.07. The zero-order chi connectivity index (χ0) is 14.8. The number of nitrogens with zero attached hydrogens (tertiary/aromatic N) is 2. The summed E-state index contributed by atoms with van der Waals surface area (Å²) in [5.41, 5.74) is 1.02. The molecular weight excluding hydrogens is 274 g/mol. The molecule has 0 amide bonds. The largest absolute Gasteiger partial charge is 0.478 e. The number of carboxylic acid groups (broad SMARTS) is 1. The molecular formula is C14H9N3O4. The highest BCUT2D eigenvalue weighted by Crippen LogP contribution is 2.23. The fourth-order valence-electron chi connectivity index (χ4n) is 1.79. The summed E-state index contributed by atoms with van der Waals surface area (Å²) in [6.07, 6.45) is 1.49. The van der Waals surface area contributed by atoms with Crippen molar-refractivity contribution in [3.63, 3.8) is 0 Å². The molecule has 2 N–H and O–H groups in total. The summed E-state index contributed by atoms with van der Waals surface area (Å²) in [7, 11) is 0. The van der Waals surface area contributed by atoms with Gasteiger partial charge in [0.2, 0.25) is 17.3 Å². The van der Waals surface area contributed by atoms with E-state index < -0.39 is 5.97 Å². The number of aromatic amines is 1. The second kappa shape index (κ2) is 5.04. The molecule has 0 aliphatic carbocycles. The number of carbonyl (C=O) groups is 1. The van der Waals surface area contributed by atoms with E-state index in [2.05, 4.69) is 15.2 Å². The molecule has 0 spiro atoms. The summed E-state index contributed by atoms with van der Waals surface area (Å²) < 4.78 is 5.49. The van der Waals surface area contributed by atoms with Gasteiger partial charge in [-0.15, -0.1) is 10.2 Å². The van der Waals surface area contributed by atoms with Gasteiger partial charge in [0.1, 0.15) is 0 Å². The number of benzene rings is 1. The Labute approximate surface area is 117 Å². The molecule has 0 aliphatic heterocycles. The lowest BCUT2D eigenvalue weighted by molar-refractivity contribution is 0.0697. The average Bonchev–Trinajstić information content (AvgIpc) is 2.97. The lowest BCUT2D eigenvalue weighted by Crippen LogP contribution is -2.01. The number of aromatic nitrogens is 3. The Morgan fingerprint density at radius 1 is 1.05 bits per heavy atom. The summed E-state index contributed by atoms with van der Waals surface area (Å²) in [5.74, 6) is -0.531. The summed E-state index contributed by atoms with van der Waals surface area (Å²) in [6.45, 7) is 0. The second-order valence-electron chi connectivity index (χ2n) is 4.24. The topological polar surface area (TPSA) is 109 Å². The number of hydrogen-bond acceptors (Lipinski definition) is 5. The van der Waals surface area contributed by atoms with Crippen molar-refractivity contribution in [3.8, 4) is 22.9 Å². The van der Waals surface area contributed by atoms with Crippen LogP contribution >= 0.6 is 0 Å². The maximum atomic E-state index is 11.2. The summed E-state index contributed by atoms with van der Waals surface area (Å²) >= 11 is 0. The van der Waals surface area contributed by atoms with E-state index in [0.717, 1.165) is 0 Å². The van der Waals surface area contributed by atoms with Crippen LogP contribution < -0.4 is 5.56 Å². The van der Waals surface area contributed by atoms with Crippen molar-refractivity contribution >= 4 is 5.97 Å². The van der Waals surface area contributed by atoms with Crippen molar-refractivity contribution in [2.45, 2.75) is 0 Å². The lowest BCUT2D eigenvalue weighted by Gasteiger charge is -1.96. The van der Waals surface area contributed by atoms with Crippen LogP contribution in [0.15, 0.2) is 51.8 Å². The Bertz CT molecular complexity index is 849. The van der Waals surface area contributed by atoms with Gasteiger partial charge in [0.05, 0.1) is 5.56 Å². The third-order valence-corrected chi connectivity index (χ3v) is 2.83. The van der Waals surface area contributed by atoms with Gasteiger partial charge in [-0.1, -0.05) is 0 Å². The fraction of sp³-hybridized carbons (Fsp3) is 0. The van der Waals surface area contributed by atoms with Crippen LogP contribution in [0.2, 0.25) is 0 Å². The lowest BCUT2D eigenvalue weighted by atomic mass is 10.1. The highest BCUT2D eigenvalue weighted by atomic mass is 16.4. The van der Waals surface area contributed by atoms with Crippen LogP contribution in [-0.2, 0) is 0 Å². The molecule has 0 saturated carbocycles. The predicted octanol–water partition coefficient (Wildman–Crippen LogP) is 1.79. The molecule has 0 aliphatic rings. The number of pyridine rings is 1. The van der Waals surface area contributed by atoms with Crippen LogP contribution in [0, 0.1) is 0 Å². The van der Waals surface area contributed by atoms with Crippen LogP contribution in [-0.4, -0.2) is 26.3 Å². The Hall–Kier alpha value is -3.22. The van der Waals surface area contributed by atoms with Crippen molar-refractivity contribution in [3.05, 3.63) is 58.5 Å². The maximum Gasteiger partial charge on any atom is 0.335 e. The van der Waals surface area contributed by atoms with Crippen molar-refractivity contribution in [2.75, 3.05) is 0 Å². The molecule has 3 aromatic rings. The van der Waals surface area contributed by atoms with E-state index in [1.807, 2.05) is 0 Å². The fourth-order valence-corrected chi connectivity index (χ4v) is 1.79. The molecule has 2 heterocycles. The van der Waals surface area contributed by atoms with Crippen molar-refractivity contribution in [1.82, 2.24) is 15.2 Å². The highest BCUT2D eigenvalue weighted by molar-refractivity contribution is 5.88. The standard InChI is InChI=1S/C14H9N3O4/c18-11-7-10(5-6-15-11)13-17-16-12(21-13)8-1-3-9(4-2-8)14(19)20/h1-7H,(H,15,18)(H,19,20). The summed E-state index contributed by atoms with van der Waals surface area (Å²) in [6, 6.07) is 9.07. The van der Waals surface area contributed by atoms with Crippen molar-refractivity contribution < 1.29 is 14.3 Å². The van der Waals surface area contributed by atoms with Crippen LogP contribution in [0.5, 0.6) is 0 Å². The van der Waals surface area contributed by atoms with E-state index in [0.29, 0.717) is 11.1 Å². The van der Waals surface area contributed by atoms with Gasteiger partial charge in [-0.3, -0.25) is 4.79 Å². The monoisotopic (exact) mass is 283 g/mol. The van der Waals surface area contributed by atoms with Crippen LogP contribution in [0.4, 0.5) is 0 Å². The quantitative estimate of drug-likeness (QED) is 0.758. The van der Waals surface area contributed by atoms with E-state index in [4.69, 9.17) is 9.52 Å². The Morgan fingerprint density at radius 2 is 1.71 bits per heavy atom.